The fourth-order valence-corrected chi connectivity index (χ4v) is 5.64. The van der Waals surface area contributed by atoms with E-state index in [0.717, 1.165) is 34.6 Å². The highest BCUT2D eigenvalue weighted by molar-refractivity contribution is 5.83. The van der Waals surface area contributed by atoms with Crippen LogP contribution in [0.1, 0.15) is 54.4 Å². The molecule has 2 N–H and O–H groups in total. The molecule has 0 radical (unpaired) electrons. The van der Waals surface area contributed by atoms with Crippen molar-refractivity contribution in [3.05, 3.63) is 0 Å². The van der Waals surface area contributed by atoms with Gasteiger partial charge in [-0.1, -0.05) is 0 Å². The zero-order valence-corrected chi connectivity index (χ0v) is 27.8. The first kappa shape index (κ1) is 39.9. The molecule has 48 heavy (non-hydrogen) atoms. The van der Waals surface area contributed by atoms with Crippen LogP contribution in [0.25, 0.3) is 0 Å². The molecular weight excluding hydrogens is 640 g/mol. The number of hydrogen-bond acceptors (Lipinski definition) is 17. The number of esters is 5. The van der Waals surface area contributed by atoms with E-state index < -0.39 is 109 Å². The van der Waals surface area contributed by atoms with E-state index in [4.69, 9.17) is 33.2 Å². The van der Waals surface area contributed by atoms with Crippen molar-refractivity contribution >= 4 is 55.9 Å². The molecule has 1 heterocycles. The predicted octanol–water partition coefficient (Wildman–Crippen LogP) is -0.745. The second-order valence-electron chi connectivity index (χ2n) is 11.4. The van der Waals surface area contributed by atoms with Crippen LogP contribution in [0.4, 0.5) is 0 Å². The van der Waals surface area contributed by atoms with Gasteiger partial charge in [0.2, 0.25) is 0 Å². The number of aliphatic imine (C=N–C) groups is 3. The summed E-state index contributed by atoms with van der Waals surface area (Å²) < 4.78 is 38.9. The van der Waals surface area contributed by atoms with Crippen molar-refractivity contribution in [2.45, 2.75) is 121 Å². The summed E-state index contributed by atoms with van der Waals surface area (Å²) in [6, 6.07) is -3.39. The van der Waals surface area contributed by atoms with Crippen LogP contribution >= 0.6 is 0 Å². The van der Waals surface area contributed by atoms with Gasteiger partial charge in [-0.25, -0.2) is 0 Å². The summed E-state index contributed by atoms with van der Waals surface area (Å²) in [5.41, 5.74) is -2.14. The molecule has 0 bridgehead atoms. The minimum Gasteiger partial charge on any atom is -0.463 e. The molecule has 0 aromatic heterocycles. The van der Waals surface area contributed by atoms with Crippen LogP contribution in [-0.4, -0.2) is 141 Å². The van der Waals surface area contributed by atoms with E-state index in [1.165, 1.54) is 6.92 Å². The van der Waals surface area contributed by atoms with Crippen molar-refractivity contribution in [1.82, 2.24) is 5.32 Å². The van der Waals surface area contributed by atoms with Gasteiger partial charge in [-0.05, 0) is 33.5 Å². The van der Waals surface area contributed by atoms with Crippen LogP contribution in [-0.2, 0) is 61.9 Å². The van der Waals surface area contributed by atoms with E-state index >= 15 is 0 Å². The van der Waals surface area contributed by atoms with Crippen molar-refractivity contribution in [3.63, 3.8) is 0 Å². The van der Waals surface area contributed by atoms with Crippen molar-refractivity contribution in [2.75, 3.05) is 13.2 Å². The SMILES string of the molecule is C=NCC[C@H](OC(C)=O)C(=O)N[C@@H]1CC(N=C)[C@@H](O[C@H]2OC(COC(C)=O)[C@@H](OC(C)=O)C(OC(C)=O)C2N=C)[C@@](C)(O)C1OC(C)=O. The first-order valence-electron chi connectivity index (χ1n) is 15.0. The van der Waals surface area contributed by atoms with Crippen LogP contribution in [0.15, 0.2) is 15.0 Å². The Morgan fingerprint density at radius 2 is 1.48 bits per heavy atom. The van der Waals surface area contributed by atoms with Crippen LogP contribution < -0.4 is 5.32 Å². The Labute approximate surface area is 277 Å². The molecule has 268 valence electrons. The normalized spacial score (nSPS) is 31.9. The lowest BCUT2D eigenvalue weighted by Gasteiger charge is -2.51. The molecule has 18 heteroatoms. The lowest BCUT2D eigenvalue weighted by Crippen LogP contribution is -2.70. The fraction of sp³-hybridized carbons (Fsp3) is 0.700. The molecule has 1 saturated carbocycles. The van der Waals surface area contributed by atoms with Gasteiger partial charge >= 0.3 is 29.8 Å². The molecule has 2 aliphatic rings. The molecule has 0 aromatic carbocycles. The predicted molar refractivity (Wildman–Crippen MR) is 165 cm³/mol. The largest absolute Gasteiger partial charge is 0.463 e. The van der Waals surface area contributed by atoms with Crippen LogP contribution in [0.5, 0.6) is 0 Å². The Balaban J connectivity index is 2.53. The average Bonchev–Trinajstić information content (AvgIpc) is 2.97. The summed E-state index contributed by atoms with van der Waals surface area (Å²) in [7, 11) is 0. The molecule has 1 saturated heterocycles. The van der Waals surface area contributed by atoms with Crippen LogP contribution in [0, 0.1) is 0 Å². The molecule has 2 rings (SSSR count). The topological polar surface area (TPSA) is 236 Å². The van der Waals surface area contributed by atoms with Gasteiger partial charge < -0.3 is 48.6 Å². The van der Waals surface area contributed by atoms with Crippen LogP contribution in [0.2, 0.25) is 0 Å². The lowest BCUT2D eigenvalue weighted by atomic mass is 9.74. The van der Waals surface area contributed by atoms with Gasteiger partial charge in [0.1, 0.15) is 30.5 Å². The molecule has 11 atom stereocenters. The number of amides is 1. The van der Waals surface area contributed by atoms with E-state index in [-0.39, 0.29) is 19.4 Å². The smallest absolute Gasteiger partial charge is 0.303 e. The van der Waals surface area contributed by atoms with Gasteiger partial charge in [0.15, 0.2) is 30.7 Å². The number of nitrogens with one attached hydrogen (secondary N) is 1. The number of rotatable bonds is 15. The number of carbonyl (C=O) groups excluding carboxylic acids is 6. The van der Waals surface area contributed by atoms with E-state index in [0.29, 0.717) is 0 Å². The highest BCUT2D eigenvalue weighted by atomic mass is 16.7. The molecule has 1 aliphatic heterocycles. The molecule has 0 spiro atoms. The third-order valence-electron chi connectivity index (χ3n) is 7.53. The highest BCUT2D eigenvalue weighted by Gasteiger charge is 2.58. The molecule has 18 nitrogen and oxygen atoms in total. The first-order chi connectivity index (χ1) is 22.5. The second kappa shape index (κ2) is 17.7. The summed E-state index contributed by atoms with van der Waals surface area (Å²) in [6.45, 7) is 17.0. The summed E-state index contributed by atoms with van der Waals surface area (Å²) in [4.78, 5) is 84.7. The fourth-order valence-electron chi connectivity index (χ4n) is 5.64. The average molecular weight is 685 g/mol. The molecule has 2 fully saturated rings. The van der Waals surface area contributed by atoms with E-state index in [1.54, 1.807) is 0 Å². The van der Waals surface area contributed by atoms with Gasteiger partial charge in [0.05, 0.1) is 12.1 Å². The summed E-state index contributed by atoms with van der Waals surface area (Å²) in [5, 5.41) is 14.7. The molecule has 5 unspecified atom stereocenters. The maximum absolute atomic E-state index is 13.2. The van der Waals surface area contributed by atoms with Crippen molar-refractivity contribution < 1.29 is 67.0 Å². The maximum atomic E-state index is 13.2. The standard InChI is InChI=1S/C30H44N4O14/c1-14(35)42-13-22-24(44-16(3)37)25(45-17(4)38)23(33-9)29(47-22)48-26-19(32-8)12-20(27(30(26,6)41)46-18(5)39)34-28(40)21(10-11-31-7)43-15(2)36/h19-27,29,41H,7-13H2,1-6H3,(H,34,40)/t19?,20-,21+,22?,23?,24-,25?,26-,27?,29-,30-/m1/s1. The van der Waals surface area contributed by atoms with Gasteiger partial charge in [0.25, 0.3) is 5.91 Å². The zero-order chi connectivity index (χ0) is 36.3. The third-order valence-corrected chi connectivity index (χ3v) is 7.53. The maximum Gasteiger partial charge on any atom is 0.303 e. The van der Waals surface area contributed by atoms with Gasteiger partial charge in [-0.15, -0.1) is 0 Å². The zero-order valence-electron chi connectivity index (χ0n) is 27.8. The monoisotopic (exact) mass is 684 g/mol. The van der Waals surface area contributed by atoms with Crippen molar-refractivity contribution in [2.24, 2.45) is 15.0 Å². The number of ether oxygens (including phenoxy) is 7. The van der Waals surface area contributed by atoms with E-state index in [9.17, 15) is 33.9 Å². The van der Waals surface area contributed by atoms with E-state index in [2.05, 4.69) is 40.4 Å². The number of carbonyl (C=O) groups is 6. The van der Waals surface area contributed by atoms with Crippen molar-refractivity contribution in [3.8, 4) is 0 Å². The number of aliphatic hydroxyl groups is 1. The lowest BCUT2D eigenvalue weighted by molar-refractivity contribution is -0.309. The summed E-state index contributed by atoms with van der Waals surface area (Å²) in [5.74, 6) is -4.53. The Bertz CT molecular complexity index is 1240. The highest BCUT2D eigenvalue weighted by Crippen LogP contribution is 2.39. The molecule has 1 amide bonds. The Morgan fingerprint density at radius 3 is 1.98 bits per heavy atom. The Hall–Kier alpha value is -4.29. The number of nitrogens with zero attached hydrogens (tertiary/aromatic N) is 3. The van der Waals surface area contributed by atoms with Crippen molar-refractivity contribution in [1.29, 1.82) is 0 Å². The van der Waals surface area contributed by atoms with Gasteiger partial charge in [0, 0.05) is 47.6 Å². The Morgan fingerprint density at radius 1 is 0.875 bits per heavy atom. The minimum absolute atomic E-state index is 0.00639. The summed E-state index contributed by atoms with van der Waals surface area (Å²) in [6.07, 6.45) is -9.68. The summed E-state index contributed by atoms with van der Waals surface area (Å²) >= 11 is 0. The minimum atomic E-state index is -2.14. The van der Waals surface area contributed by atoms with Crippen LogP contribution in [0.3, 0.4) is 0 Å². The van der Waals surface area contributed by atoms with Gasteiger partial charge in [-0.2, -0.15) is 0 Å². The Kier molecular flexibility index (Phi) is 14.7. The number of hydrogen-bond donors (Lipinski definition) is 2. The first-order valence-corrected chi connectivity index (χ1v) is 15.0. The quantitative estimate of drug-likeness (QED) is 0.123. The molecular formula is C30H44N4O14. The third kappa shape index (κ3) is 10.6. The van der Waals surface area contributed by atoms with Gasteiger partial charge in [-0.3, -0.25) is 38.8 Å². The van der Waals surface area contributed by atoms with E-state index in [1.807, 2.05) is 0 Å². The molecule has 1 aliphatic carbocycles. The molecule has 0 aromatic rings. The second-order valence-corrected chi connectivity index (χ2v) is 11.4.